The molecule has 2 aromatic heterocycles. The molecule has 3 rings (SSSR count). The smallest absolute Gasteiger partial charge is 0.332 e. The van der Waals surface area contributed by atoms with Crippen molar-refractivity contribution in [1.82, 2.24) is 18.7 Å². The average molecular weight is 343 g/mol. The zero-order valence-electron chi connectivity index (χ0n) is 14.7. The highest BCUT2D eigenvalue weighted by Crippen LogP contribution is 2.22. The summed E-state index contributed by atoms with van der Waals surface area (Å²) in [5.74, 6) is 0.503. The predicted molar refractivity (Wildman–Crippen MR) is 95.9 cm³/mol. The molecule has 8 heteroatoms. The van der Waals surface area contributed by atoms with Crippen molar-refractivity contribution in [3.63, 3.8) is 0 Å². The number of imidazole rings is 1. The lowest BCUT2D eigenvalue weighted by atomic mass is 10.1. The molecular weight excluding hydrogens is 322 g/mol. The van der Waals surface area contributed by atoms with E-state index in [9.17, 15) is 14.7 Å². The quantitative estimate of drug-likeness (QED) is 0.733. The van der Waals surface area contributed by atoms with Crippen LogP contribution in [0.4, 0.5) is 5.95 Å². The average Bonchev–Trinajstić information content (AvgIpc) is 2.98. The van der Waals surface area contributed by atoms with Crippen LogP contribution >= 0.6 is 0 Å². The van der Waals surface area contributed by atoms with Crippen molar-refractivity contribution in [3.8, 4) is 0 Å². The minimum atomic E-state index is -0.806. The van der Waals surface area contributed by atoms with Crippen LogP contribution in [0.1, 0.15) is 11.7 Å². The summed E-state index contributed by atoms with van der Waals surface area (Å²) < 4.78 is 4.05. The number of aryl methyl sites for hydroxylation is 1. The normalized spacial score (nSPS) is 12.5. The van der Waals surface area contributed by atoms with Crippen LogP contribution in [0.3, 0.4) is 0 Å². The van der Waals surface area contributed by atoms with E-state index in [1.807, 2.05) is 30.3 Å². The molecule has 0 aliphatic rings. The number of anilines is 1. The molecule has 0 bridgehead atoms. The van der Waals surface area contributed by atoms with E-state index in [0.717, 1.165) is 10.1 Å². The predicted octanol–water partition coefficient (Wildman–Crippen LogP) is 0.233. The molecule has 0 radical (unpaired) electrons. The lowest BCUT2D eigenvalue weighted by Crippen LogP contribution is -2.37. The molecule has 1 aromatic carbocycles. The number of aromatic nitrogens is 4. The summed E-state index contributed by atoms with van der Waals surface area (Å²) in [4.78, 5) is 31.0. The Morgan fingerprint density at radius 1 is 1.12 bits per heavy atom. The van der Waals surface area contributed by atoms with Gasteiger partial charge in [-0.1, -0.05) is 30.3 Å². The van der Waals surface area contributed by atoms with E-state index in [2.05, 4.69) is 4.98 Å². The van der Waals surface area contributed by atoms with Crippen LogP contribution in [-0.4, -0.2) is 37.9 Å². The maximum Gasteiger partial charge on any atom is 0.332 e. The monoisotopic (exact) mass is 343 g/mol. The highest BCUT2D eigenvalue weighted by atomic mass is 16.3. The van der Waals surface area contributed by atoms with Crippen LogP contribution < -0.4 is 16.1 Å². The van der Waals surface area contributed by atoms with E-state index in [-0.39, 0.29) is 6.54 Å². The van der Waals surface area contributed by atoms with Gasteiger partial charge in [0.2, 0.25) is 5.95 Å². The maximum absolute atomic E-state index is 12.7. The first kappa shape index (κ1) is 17.0. The molecular formula is C17H21N5O3. The fourth-order valence-electron chi connectivity index (χ4n) is 2.90. The fourth-order valence-corrected chi connectivity index (χ4v) is 2.90. The summed E-state index contributed by atoms with van der Waals surface area (Å²) in [6.07, 6.45) is -0.806. The first-order valence-corrected chi connectivity index (χ1v) is 7.89. The van der Waals surface area contributed by atoms with Gasteiger partial charge < -0.3 is 14.6 Å². The number of nitrogens with zero attached hydrogens (tertiary/aromatic N) is 5. The van der Waals surface area contributed by atoms with Crippen LogP contribution in [0.2, 0.25) is 0 Å². The third-order valence-electron chi connectivity index (χ3n) is 4.27. The molecule has 0 saturated heterocycles. The highest BCUT2D eigenvalue weighted by Gasteiger charge is 2.22. The molecule has 1 atom stereocenters. The van der Waals surface area contributed by atoms with Crippen molar-refractivity contribution < 1.29 is 5.11 Å². The molecule has 0 amide bonds. The van der Waals surface area contributed by atoms with Crippen molar-refractivity contribution >= 4 is 17.1 Å². The van der Waals surface area contributed by atoms with Crippen molar-refractivity contribution in [2.75, 3.05) is 19.0 Å². The van der Waals surface area contributed by atoms with Gasteiger partial charge in [0.15, 0.2) is 11.2 Å². The van der Waals surface area contributed by atoms with Gasteiger partial charge in [0.05, 0.1) is 12.6 Å². The van der Waals surface area contributed by atoms with Crippen molar-refractivity contribution in [2.24, 2.45) is 14.1 Å². The number of benzene rings is 1. The summed E-state index contributed by atoms with van der Waals surface area (Å²) in [6.45, 7) is 0.154. The summed E-state index contributed by atoms with van der Waals surface area (Å²) >= 11 is 0. The molecule has 0 aliphatic carbocycles. The SMILES string of the molecule is CN(C)c1nc2c(c(=O)n(C)c(=O)n2C)n1CC(O)c1ccccc1. The summed E-state index contributed by atoms with van der Waals surface area (Å²) in [7, 11) is 6.61. The lowest BCUT2D eigenvalue weighted by molar-refractivity contribution is 0.158. The third-order valence-corrected chi connectivity index (χ3v) is 4.27. The molecule has 1 N–H and O–H groups in total. The number of rotatable bonds is 4. The van der Waals surface area contributed by atoms with Crippen LogP contribution in [-0.2, 0) is 20.6 Å². The Morgan fingerprint density at radius 3 is 2.36 bits per heavy atom. The second kappa shape index (κ2) is 6.21. The number of hydrogen-bond acceptors (Lipinski definition) is 5. The lowest BCUT2D eigenvalue weighted by Gasteiger charge is -2.18. The first-order chi connectivity index (χ1) is 11.8. The fraction of sp³-hybridized carbons (Fsp3) is 0.353. The molecule has 0 saturated carbocycles. The molecule has 2 heterocycles. The third kappa shape index (κ3) is 2.74. The number of hydrogen-bond donors (Lipinski definition) is 1. The van der Waals surface area contributed by atoms with Gasteiger partial charge in [0.1, 0.15) is 0 Å². The zero-order valence-corrected chi connectivity index (χ0v) is 14.7. The highest BCUT2D eigenvalue weighted by molar-refractivity contribution is 5.74. The second-order valence-corrected chi connectivity index (χ2v) is 6.22. The van der Waals surface area contributed by atoms with E-state index < -0.39 is 17.4 Å². The second-order valence-electron chi connectivity index (χ2n) is 6.22. The molecule has 1 unspecified atom stereocenters. The molecule has 3 aromatic rings. The summed E-state index contributed by atoms with van der Waals surface area (Å²) in [6, 6.07) is 9.22. The van der Waals surface area contributed by atoms with Crippen LogP contribution in [0.25, 0.3) is 11.2 Å². The van der Waals surface area contributed by atoms with E-state index in [0.29, 0.717) is 17.1 Å². The van der Waals surface area contributed by atoms with Gasteiger partial charge in [-0.2, -0.15) is 4.98 Å². The van der Waals surface area contributed by atoms with Crippen molar-refractivity contribution in [1.29, 1.82) is 0 Å². The van der Waals surface area contributed by atoms with Crippen LogP contribution in [0.15, 0.2) is 39.9 Å². The number of aliphatic hydroxyl groups excluding tert-OH is 1. The maximum atomic E-state index is 12.7. The van der Waals surface area contributed by atoms with E-state index in [4.69, 9.17) is 0 Å². The van der Waals surface area contributed by atoms with Gasteiger partial charge in [-0.3, -0.25) is 13.9 Å². The largest absolute Gasteiger partial charge is 0.387 e. The summed E-state index contributed by atoms with van der Waals surface area (Å²) in [5.41, 5.74) is 0.478. The Bertz CT molecular complexity index is 1030. The molecule has 25 heavy (non-hydrogen) atoms. The number of aliphatic hydroxyl groups is 1. The molecule has 8 nitrogen and oxygen atoms in total. The Hall–Kier alpha value is -2.87. The van der Waals surface area contributed by atoms with E-state index in [1.165, 1.54) is 11.6 Å². The molecule has 132 valence electrons. The minimum Gasteiger partial charge on any atom is -0.387 e. The van der Waals surface area contributed by atoms with E-state index >= 15 is 0 Å². The van der Waals surface area contributed by atoms with Crippen molar-refractivity contribution in [3.05, 3.63) is 56.7 Å². The van der Waals surface area contributed by atoms with Gasteiger partial charge in [-0.25, -0.2) is 4.79 Å². The zero-order chi connectivity index (χ0) is 18.3. The van der Waals surface area contributed by atoms with Crippen LogP contribution in [0, 0.1) is 0 Å². The molecule has 0 fully saturated rings. The standard InChI is InChI=1S/C17H21N5O3/c1-19(2)16-18-14-13(15(24)21(4)17(25)20(14)3)22(16)10-12(23)11-8-6-5-7-9-11/h5-9,12,23H,10H2,1-4H3. The minimum absolute atomic E-state index is 0.154. The van der Waals surface area contributed by atoms with E-state index in [1.54, 1.807) is 30.6 Å². The Kier molecular flexibility index (Phi) is 4.22. The topological polar surface area (TPSA) is 85.3 Å². The van der Waals surface area contributed by atoms with Crippen molar-refractivity contribution in [2.45, 2.75) is 12.6 Å². The van der Waals surface area contributed by atoms with Gasteiger partial charge in [0, 0.05) is 28.2 Å². The Balaban J connectivity index is 2.24. The summed E-state index contributed by atoms with van der Waals surface area (Å²) in [5, 5.41) is 10.6. The number of fused-ring (bicyclic) bond motifs is 1. The Labute approximate surface area is 144 Å². The van der Waals surface area contributed by atoms with Gasteiger partial charge >= 0.3 is 5.69 Å². The molecule has 0 aliphatic heterocycles. The first-order valence-electron chi connectivity index (χ1n) is 7.89. The van der Waals surface area contributed by atoms with Gasteiger partial charge in [0.25, 0.3) is 5.56 Å². The molecule has 0 spiro atoms. The van der Waals surface area contributed by atoms with Crippen LogP contribution in [0.5, 0.6) is 0 Å². The van der Waals surface area contributed by atoms with Gasteiger partial charge in [-0.05, 0) is 5.56 Å². The Morgan fingerprint density at radius 2 is 1.76 bits per heavy atom. The van der Waals surface area contributed by atoms with Gasteiger partial charge in [-0.15, -0.1) is 0 Å².